The molecule has 0 aliphatic carbocycles. The molecule has 0 spiro atoms. The molecule has 40 heavy (non-hydrogen) atoms. The van der Waals surface area contributed by atoms with Crippen molar-refractivity contribution < 1.29 is 27.5 Å². The number of rotatable bonds is 11. The fraction of sp³-hybridized carbons (Fsp3) is 0.433. The van der Waals surface area contributed by atoms with Crippen LogP contribution in [0.5, 0.6) is 0 Å². The van der Waals surface area contributed by atoms with Gasteiger partial charge in [0.05, 0.1) is 5.75 Å². The van der Waals surface area contributed by atoms with E-state index < -0.39 is 39.5 Å². The summed E-state index contributed by atoms with van der Waals surface area (Å²) < 4.78 is 28.9. The van der Waals surface area contributed by atoms with E-state index in [1.807, 2.05) is 54.6 Å². The first-order valence-electron chi connectivity index (χ1n) is 13.4. The molecule has 3 rings (SSSR count). The van der Waals surface area contributed by atoms with Crippen molar-refractivity contribution >= 4 is 33.4 Å². The predicted molar refractivity (Wildman–Crippen MR) is 156 cm³/mol. The minimum absolute atomic E-state index is 0.122. The van der Waals surface area contributed by atoms with Crippen molar-refractivity contribution in [3.8, 4) is 0 Å². The van der Waals surface area contributed by atoms with Gasteiger partial charge in [-0.15, -0.1) is 0 Å². The summed E-state index contributed by atoms with van der Waals surface area (Å²) in [7, 11) is -3.39. The van der Waals surface area contributed by atoms with Crippen LogP contribution in [0.1, 0.15) is 44.7 Å². The molecule has 0 aromatic heterocycles. The molecule has 1 aliphatic heterocycles. The molecular formula is C30H39N3O6S. The van der Waals surface area contributed by atoms with E-state index in [0.717, 1.165) is 29.5 Å². The molecule has 9 nitrogen and oxygen atoms in total. The molecular weight excluding hydrogens is 530 g/mol. The third kappa shape index (κ3) is 10.1. The number of anilines is 1. The topological polar surface area (TPSA) is 122 Å². The first-order chi connectivity index (χ1) is 18.8. The van der Waals surface area contributed by atoms with Gasteiger partial charge in [-0.2, -0.15) is 0 Å². The summed E-state index contributed by atoms with van der Waals surface area (Å²) in [5.41, 5.74) is 2.26. The number of amides is 3. The van der Waals surface area contributed by atoms with Crippen LogP contribution < -0.4 is 15.5 Å². The van der Waals surface area contributed by atoms with Crippen molar-refractivity contribution in [3.05, 3.63) is 77.9 Å². The summed E-state index contributed by atoms with van der Waals surface area (Å²) in [5.74, 6) is -1.04. The van der Waals surface area contributed by atoms with Gasteiger partial charge in [-0.05, 0) is 63.6 Å². The quantitative estimate of drug-likeness (QED) is 0.399. The van der Waals surface area contributed by atoms with Crippen LogP contribution in [0.3, 0.4) is 0 Å². The summed E-state index contributed by atoms with van der Waals surface area (Å²) in [4.78, 5) is 40.6. The monoisotopic (exact) mass is 569 g/mol. The fourth-order valence-electron chi connectivity index (χ4n) is 4.37. The van der Waals surface area contributed by atoms with Crippen LogP contribution in [0.25, 0.3) is 0 Å². The molecule has 1 heterocycles. The van der Waals surface area contributed by atoms with Crippen LogP contribution in [-0.2, 0) is 37.0 Å². The number of para-hydroxylation sites is 1. The predicted octanol–water partition coefficient (Wildman–Crippen LogP) is 3.58. The maximum absolute atomic E-state index is 13.3. The average Bonchev–Trinajstić information content (AvgIpc) is 3.31. The summed E-state index contributed by atoms with van der Waals surface area (Å²) in [5, 5.41) is 5.40. The SMILES string of the molecule is CC(C)(C)OC(=O)N[C@@H](CCS(C)(=O)=O)C(=O)N[C@H](/C=C/C(=O)N1CCc2ccccc21)CCc1ccccc1. The third-order valence-corrected chi connectivity index (χ3v) is 7.30. The molecule has 0 bridgehead atoms. The number of aryl methyl sites for hydroxylation is 1. The van der Waals surface area contributed by atoms with Crippen molar-refractivity contribution in [2.45, 2.75) is 64.1 Å². The maximum atomic E-state index is 13.3. The summed E-state index contributed by atoms with van der Waals surface area (Å²) in [6.45, 7) is 5.66. The maximum Gasteiger partial charge on any atom is 0.408 e. The summed E-state index contributed by atoms with van der Waals surface area (Å²) in [6, 6.07) is 15.8. The molecule has 0 saturated carbocycles. The van der Waals surface area contributed by atoms with Gasteiger partial charge in [0.1, 0.15) is 21.5 Å². The van der Waals surface area contributed by atoms with Crippen LogP contribution in [0.4, 0.5) is 10.5 Å². The standard InChI is InChI=1S/C30H39N3O6S/c1-30(2,3)39-29(36)32-25(19-21-40(4,37)38)28(35)31-24(15-14-22-10-6-5-7-11-22)16-17-27(34)33-20-18-23-12-8-9-13-26(23)33/h5-13,16-17,24-25H,14-15,18-21H2,1-4H3,(H,31,35)(H,32,36)/b17-16+/t24-,25-/m0/s1. The van der Waals surface area contributed by atoms with Crippen molar-refractivity contribution in [2.24, 2.45) is 0 Å². The Morgan fingerprint density at radius 2 is 1.68 bits per heavy atom. The molecule has 216 valence electrons. The van der Waals surface area contributed by atoms with E-state index in [1.54, 1.807) is 31.7 Å². The van der Waals surface area contributed by atoms with Gasteiger partial charge in [0.2, 0.25) is 5.91 Å². The largest absolute Gasteiger partial charge is 0.444 e. The van der Waals surface area contributed by atoms with E-state index in [-0.39, 0.29) is 18.1 Å². The van der Waals surface area contributed by atoms with E-state index in [9.17, 15) is 22.8 Å². The van der Waals surface area contributed by atoms with Crippen molar-refractivity contribution in [1.29, 1.82) is 0 Å². The Balaban J connectivity index is 1.76. The number of hydrogen-bond donors (Lipinski definition) is 2. The number of alkyl carbamates (subject to hydrolysis) is 1. The fourth-order valence-corrected chi connectivity index (χ4v) is 5.04. The van der Waals surface area contributed by atoms with Gasteiger partial charge in [-0.25, -0.2) is 13.2 Å². The van der Waals surface area contributed by atoms with Gasteiger partial charge >= 0.3 is 6.09 Å². The van der Waals surface area contributed by atoms with Gasteiger partial charge < -0.3 is 20.3 Å². The molecule has 2 N–H and O–H groups in total. The summed E-state index contributed by atoms with van der Waals surface area (Å²) in [6.07, 6.45) is 5.15. The van der Waals surface area contributed by atoms with Gasteiger partial charge in [0, 0.05) is 30.6 Å². The zero-order valence-electron chi connectivity index (χ0n) is 23.6. The number of fused-ring (bicyclic) bond motifs is 1. The lowest BCUT2D eigenvalue weighted by Gasteiger charge is -2.25. The van der Waals surface area contributed by atoms with Crippen LogP contribution in [0.15, 0.2) is 66.7 Å². The minimum atomic E-state index is -3.39. The number of ether oxygens (including phenoxy) is 1. The van der Waals surface area contributed by atoms with Crippen LogP contribution in [0.2, 0.25) is 0 Å². The number of nitrogens with one attached hydrogen (secondary N) is 2. The van der Waals surface area contributed by atoms with E-state index >= 15 is 0 Å². The van der Waals surface area contributed by atoms with Crippen LogP contribution in [0, 0.1) is 0 Å². The molecule has 0 unspecified atom stereocenters. The lowest BCUT2D eigenvalue weighted by atomic mass is 10.0. The van der Waals surface area contributed by atoms with Crippen molar-refractivity contribution in [3.63, 3.8) is 0 Å². The number of sulfone groups is 1. The van der Waals surface area contributed by atoms with Gasteiger partial charge in [0.15, 0.2) is 0 Å². The smallest absolute Gasteiger partial charge is 0.408 e. The normalized spacial score (nSPS) is 14.8. The first-order valence-corrected chi connectivity index (χ1v) is 15.5. The lowest BCUT2D eigenvalue weighted by molar-refractivity contribution is -0.123. The van der Waals surface area contributed by atoms with Crippen molar-refractivity contribution in [2.75, 3.05) is 23.5 Å². The van der Waals surface area contributed by atoms with Gasteiger partial charge in [0.25, 0.3) is 5.91 Å². The number of carbonyl (C=O) groups excluding carboxylic acids is 3. The highest BCUT2D eigenvalue weighted by Gasteiger charge is 2.27. The Kier molecular flexibility index (Phi) is 10.5. The molecule has 2 aromatic carbocycles. The average molecular weight is 570 g/mol. The number of hydrogen-bond acceptors (Lipinski definition) is 6. The molecule has 0 saturated heterocycles. The Bertz CT molecular complexity index is 1320. The molecule has 1 aliphatic rings. The molecule has 2 aromatic rings. The van der Waals surface area contributed by atoms with Crippen LogP contribution in [-0.4, -0.2) is 62.6 Å². The molecule has 10 heteroatoms. The third-order valence-electron chi connectivity index (χ3n) is 6.32. The van der Waals surface area contributed by atoms with Crippen LogP contribution >= 0.6 is 0 Å². The Labute approximate surface area is 236 Å². The lowest BCUT2D eigenvalue weighted by Crippen LogP contribution is -2.51. The second-order valence-electron chi connectivity index (χ2n) is 11.0. The Morgan fingerprint density at radius 3 is 2.35 bits per heavy atom. The second kappa shape index (κ2) is 13.6. The van der Waals surface area contributed by atoms with E-state index in [2.05, 4.69) is 10.6 Å². The Hall–Kier alpha value is -3.66. The number of carbonyl (C=O) groups is 3. The van der Waals surface area contributed by atoms with Gasteiger partial charge in [-0.1, -0.05) is 54.6 Å². The summed E-state index contributed by atoms with van der Waals surface area (Å²) >= 11 is 0. The molecule has 0 radical (unpaired) electrons. The Morgan fingerprint density at radius 1 is 1.00 bits per heavy atom. The zero-order chi connectivity index (χ0) is 29.3. The van der Waals surface area contributed by atoms with Crippen molar-refractivity contribution in [1.82, 2.24) is 10.6 Å². The van der Waals surface area contributed by atoms with E-state index in [1.165, 1.54) is 6.08 Å². The van der Waals surface area contributed by atoms with E-state index in [4.69, 9.17) is 4.74 Å². The minimum Gasteiger partial charge on any atom is -0.444 e. The number of nitrogens with zero attached hydrogens (tertiary/aromatic N) is 1. The highest BCUT2D eigenvalue weighted by Crippen LogP contribution is 2.27. The second-order valence-corrected chi connectivity index (χ2v) is 13.2. The highest BCUT2D eigenvalue weighted by atomic mass is 32.2. The number of benzene rings is 2. The zero-order valence-corrected chi connectivity index (χ0v) is 24.4. The molecule has 3 amide bonds. The first kappa shape index (κ1) is 30.9. The molecule has 2 atom stereocenters. The molecule has 0 fully saturated rings. The van der Waals surface area contributed by atoms with E-state index in [0.29, 0.717) is 19.4 Å². The highest BCUT2D eigenvalue weighted by molar-refractivity contribution is 7.90. The van der Waals surface area contributed by atoms with Gasteiger partial charge in [-0.3, -0.25) is 9.59 Å².